The molecule has 1 atom stereocenters. The van der Waals surface area contributed by atoms with Crippen LogP contribution in [-0.4, -0.2) is 54.6 Å². The summed E-state index contributed by atoms with van der Waals surface area (Å²) in [5.74, 6) is -1.25. The second kappa shape index (κ2) is 8.81. The highest BCUT2D eigenvalue weighted by Crippen LogP contribution is 2.37. The van der Waals surface area contributed by atoms with Crippen LogP contribution in [0.5, 0.6) is 0 Å². The number of pyridine rings is 1. The van der Waals surface area contributed by atoms with Crippen molar-refractivity contribution in [3.63, 3.8) is 0 Å². The van der Waals surface area contributed by atoms with Crippen LogP contribution in [0.25, 0.3) is 28.2 Å². The molecule has 9 nitrogen and oxygen atoms in total. The Labute approximate surface area is 195 Å². The monoisotopic (exact) mass is 459 g/mol. The van der Waals surface area contributed by atoms with E-state index >= 15 is 0 Å². The molecule has 0 amide bonds. The fourth-order valence-electron chi connectivity index (χ4n) is 4.74. The molecule has 34 heavy (non-hydrogen) atoms. The molecule has 4 heterocycles. The Balaban J connectivity index is 1.46. The smallest absolute Gasteiger partial charge is 0.338 e. The second-order valence-electron chi connectivity index (χ2n) is 8.68. The van der Waals surface area contributed by atoms with Crippen LogP contribution >= 0.6 is 0 Å². The number of aromatic nitrogens is 6. The van der Waals surface area contributed by atoms with Crippen molar-refractivity contribution in [2.45, 2.75) is 37.8 Å². The number of carboxylic acid groups (broad SMARTS) is 1. The Morgan fingerprint density at radius 3 is 2.56 bits per heavy atom. The predicted molar refractivity (Wildman–Crippen MR) is 127 cm³/mol. The molecular formula is C23H23BFN7O2. The minimum atomic E-state index is -1.82. The maximum absolute atomic E-state index is 14.0. The molecule has 1 unspecified atom stereocenters. The summed E-state index contributed by atoms with van der Waals surface area (Å²) in [5.41, 5.74) is 11.8. The van der Waals surface area contributed by atoms with Gasteiger partial charge in [0.25, 0.3) is 0 Å². The summed E-state index contributed by atoms with van der Waals surface area (Å²) in [7, 11) is 1.91. The Morgan fingerprint density at radius 1 is 1.12 bits per heavy atom. The van der Waals surface area contributed by atoms with E-state index in [1.54, 1.807) is 35.5 Å². The van der Waals surface area contributed by atoms with Gasteiger partial charge in [-0.1, -0.05) is 6.07 Å². The fourth-order valence-corrected chi connectivity index (χ4v) is 4.74. The van der Waals surface area contributed by atoms with Gasteiger partial charge >= 0.3 is 5.97 Å². The minimum absolute atomic E-state index is 0.0875. The van der Waals surface area contributed by atoms with Crippen molar-refractivity contribution in [2.75, 3.05) is 5.73 Å². The maximum Gasteiger partial charge on any atom is 0.338 e. The van der Waals surface area contributed by atoms with Crippen LogP contribution in [0.1, 0.15) is 37.3 Å². The first-order valence-corrected chi connectivity index (χ1v) is 11.2. The second-order valence-corrected chi connectivity index (χ2v) is 8.68. The summed E-state index contributed by atoms with van der Waals surface area (Å²) in [6.45, 7) is 0. The van der Waals surface area contributed by atoms with Gasteiger partial charge in [-0.3, -0.25) is 15.0 Å². The van der Waals surface area contributed by atoms with Gasteiger partial charge in [-0.2, -0.15) is 9.61 Å². The Kier molecular flexibility index (Phi) is 5.68. The van der Waals surface area contributed by atoms with Crippen molar-refractivity contribution >= 4 is 30.7 Å². The summed E-state index contributed by atoms with van der Waals surface area (Å²) in [5, 5.41) is 13.4. The van der Waals surface area contributed by atoms with E-state index in [4.69, 9.17) is 15.8 Å². The SMILES string of the molecule is Bc1c(N)n2ncc(-c3ccc(-c4cnccn4)nc3)c2nc1[C@H]1CC[C@@H](C(F)C(=O)O)CC1. The van der Waals surface area contributed by atoms with Gasteiger partial charge in [0.2, 0.25) is 0 Å². The topological polar surface area (TPSA) is 132 Å². The molecule has 3 N–H and O–H groups in total. The lowest BCUT2D eigenvalue weighted by atomic mass is 9.75. The average molecular weight is 459 g/mol. The Morgan fingerprint density at radius 2 is 1.91 bits per heavy atom. The van der Waals surface area contributed by atoms with Gasteiger partial charge in [-0.15, -0.1) is 0 Å². The Bertz CT molecular complexity index is 1340. The molecule has 0 radical (unpaired) electrons. The number of halogens is 1. The molecule has 4 aromatic heterocycles. The Hall–Kier alpha value is -3.89. The van der Waals surface area contributed by atoms with E-state index < -0.39 is 18.1 Å². The van der Waals surface area contributed by atoms with Crippen molar-refractivity contribution < 1.29 is 14.3 Å². The van der Waals surface area contributed by atoms with Crippen LogP contribution in [0.15, 0.2) is 43.1 Å². The molecule has 172 valence electrons. The highest BCUT2D eigenvalue weighted by atomic mass is 19.1. The number of rotatable bonds is 5. The number of carboxylic acids is 1. The van der Waals surface area contributed by atoms with Crippen LogP contribution < -0.4 is 11.2 Å². The average Bonchev–Trinajstić information content (AvgIpc) is 3.30. The minimum Gasteiger partial charge on any atom is -0.479 e. The van der Waals surface area contributed by atoms with Gasteiger partial charge < -0.3 is 10.8 Å². The number of nitrogen functional groups attached to an aromatic ring is 1. The zero-order chi connectivity index (χ0) is 23.8. The molecule has 0 aliphatic heterocycles. The van der Waals surface area contributed by atoms with Gasteiger partial charge in [0.1, 0.15) is 19.4 Å². The standard InChI is InChI=1S/C23H23BFN7O2/c24-18-20(13-3-1-12(2-4-13)19(25)23(33)34)31-22-15(10-30-32(22)21(18)26)14-5-6-16(29-9-14)17-11-27-7-8-28-17/h5-13,19H,1-4,24,26H2,(H,33,34)/t12-,13+,19?. The van der Waals surface area contributed by atoms with E-state index in [0.29, 0.717) is 48.5 Å². The number of nitrogens with zero attached hydrogens (tertiary/aromatic N) is 6. The fraction of sp³-hybridized carbons (Fsp3) is 0.304. The summed E-state index contributed by atoms with van der Waals surface area (Å²) in [6, 6.07) is 3.81. The van der Waals surface area contributed by atoms with Gasteiger partial charge in [0, 0.05) is 47.2 Å². The van der Waals surface area contributed by atoms with Gasteiger partial charge in [-0.25, -0.2) is 14.2 Å². The van der Waals surface area contributed by atoms with E-state index in [1.807, 2.05) is 20.0 Å². The molecular weight excluding hydrogens is 436 g/mol. The van der Waals surface area contributed by atoms with Crippen LogP contribution in [0, 0.1) is 5.92 Å². The molecule has 0 saturated heterocycles. The summed E-state index contributed by atoms with van der Waals surface area (Å²) in [4.78, 5) is 28.8. The van der Waals surface area contributed by atoms with Crippen molar-refractivity contribution in [3.8, 4) is 22.5 Å². The maximum atomic E-state index is 14.0. The zero-order valence-corrected chi connectivity index (χ0v) is 18.6. The van der Waals surface area contributed by atoms with E-state index in [1.165, 1.54) is 0 Å². The van der Waals surface area contributed by atoms with Crippen LogP contribution in [-0.2, 0) is 4.79 Å². The summed E-state index contributed by atoms with van der Waals surface area (Å²) < 4.78 is 15.6. The van der Waals surface area contributed by atoms with Crippen molar-refractivity contribution in [2.24, 2.45) is 5.92 Å². The number of nitrogens with two attached hydrogens (primary N) is 1. The number of fused-ring (bicyclic) bond motifs is 1. The first-order valence-electron chi connectivity index (χ1n) is 11.2. The number of hydrogen-bond acceptors (Lipinski definition) is 7. The van der Waals surface area contributed by atoms with Gasteiger partial charge in [0.05, 0.1) is 18.1 Å². The molecule has 0 aromatic carbocycles. The van der Waals surface area contributed by atoms with Gasteiger partial charge in [0.15, 0.2) is 11.8 Å². The predicted octanol–water partition coefficient (Wildman–Crippen LogP) is 1.79. The quantitative estimate of drug-likeness (QED) is 0.432. The van der Waals surface area contributed by atoms with Gasteiger partial charge in [-0.05, 0) is 37.2 Å². The highest BCUT2D eigenvalue weighted by Gasteiger charge is 2.33. The molecule has 0 bridgehead atoms. The van der Waals surface area contributed by atoms with E-state index in [2.05, 4.69) is 20.1 Å². The molecule has 1 saturated carbocycles. The lowest BCUT2D eigenvalue weighted by Gasteiger charge is -2.30. The van der Waals surface area contributed by atoms with Crippen LogP contribution in [0.4, 0.5) is 10.2 Å². The molecule has 1 aliphatic rings. The third kappa shape index (κ3) is 3.87. The number of hydrogen-bond donors (Lipinski definition) is 2. The molecule has 1 fully saturated rings. The highest BCUT2D eigenvalue weighted by molar-refractivity contribution is 6.36. The molecule has 1 aliphatic carbocycles. The lowest BCUT2D eigenvalue weighted by molar-refractivity contribution is -0.145. The van der Waals surface area contributed by atoms with E-state index in [0.717, 1.165) is 22.3 Å². The number of carbonyl (C=O) groups is 1. The number of alkyl halides is 1. The summed E-state index contributed by atoms with van der Waals surface area (Å²) >= 11 is 0. The van der Waals surface area contributed by atoms with Crippen LogP contribution in [0.2, 0.25) is 0 Å². The van der Waals surface area contributed by atoms with Crippen LogP contribution in [0.3, 0.4) is 0 Å². The first kappa shape index (κ1) is 21.9. The molecule has 11 heteroatoms. The van der Waals surface area contributed by atoms with E-state index in [9.17, 15) is 9.18 Å². The largest absolute Gasteiger partial charge is 0.479 e. The van der Waals surface area contributed by atoms with Crippen molar-refractivity contribution in [3.05, 3.63) is 48.8 Å². The van der Waals surface area contributed by atoms with Crippen molar-refractivity contribution in [1.29, 1.82) is 0 Å². The zero-order valence-electron chi connectivity index (χ0n) is 18.6. The molecule has 0 spiro atoms. The third-order valence-corrected chi connectivity index (χ3v) is 6.68. The molecule has 5 rings (SSSR count). The number of anilines is 1. The summed E-state index contributed by atoms with van der Waals surface area (Å²) in [6.07, 6.45) is 8.88. The normalized spacial score (nSPS) is 19.2. The lowest BCUT2D eigenvalue weighted by Crippen LogP contribution is -2.31. The van der Waals surface area contributed by atoms with E-state index in [-0.39, 0.29) is 5.92 Å². The third-order valence-electron chi connectivity index (χ3n) is 6.68. The molecule has 4 aromatic rings. The van der Waals surface area contributed by atoms with Crippen molar-refractivity contribution in [1.82, 2.24) is 29.5 Å². The number of aliphatic carboxylic acids is 1. The first-order chi connectivity index (χ1) is 16.4.